The Balaban J connectivity index is 1.20. The number of anilines is 1. The largest absolute Gasteiger partial charge is 0.464 e. The summed E-state index contributed by atoms with van der Waals surface area (Å²) in [5, 5.41) is 0.880. The standard InChI is InChI=1S/C29H28N4O6/c1-28(2,3)39-27(37)33-13-14-12-29(14)17-10-19(31-24(17)22(34)11-23(29)33)25(35)32-8-7-15-16-9-20(26(36)38-4)30-18(16)5-6-21(15)32/h5-6,9-11,14,30-31H,7-8,12-13H2,1-4H3/t14-,29-/m1/s1. The van der Waals surface area contributed by atoms with Crippen LogP contribution in [0.15, 0.2) is 36.0 Å². The van der Waals surface area contributed by atoms with Crippen molar-refractivity contribution in [2.75, 3.05) is 25.1 Å². The number of hydrogen-bond acceptors (Lipinski definition) is 6. The van der Waals surface area contributed by atoms with Gasteiger partial charge >= 0.3 is 12.1 Å². The fourth-order valence-electron chi connectivity index (χ4n) is 6.59. The Bertz CT molecular complexity index is 1670. The molecular formula is C29H28N4O6. The second kappa shape index (κ2) is 7.62. The number of likely N-dealkylation sites (tertiary alicyclic amines) is 1. The molecule has 2 fully saturated rings. The summed E-state index contributed by atoms with van der Waals surface area (Å²) in [6.07, 6.45) is 2.53. The van der Waals surface area contributed by atoms with Crippen molar-refractivity contribution in [3.8, 4) is 0 Å². The molecule has 1 saturated carbocycles. The molecule has 7 rings (SSSR count). The summed E-state index contributed by atoms with van der Waals surface area (Å²) in [6, 6.07) is 7.28. The molecule has 2 N–H and O–H groups in total. The van der Waals surface area contributed by atoms with E-state index in [1.165, 1.54) is 13.2 Å². The lowest BCUT2D eigenvalue weighted by Gasteiger charge is -2.30. The highest BCUT2D eigenvalue weighted by Crippen LogP contribution is 2.66. The fraction of sp³-hybridized carbons (Fsp3) is 0.379. The molecule has 10 heteroatoms. The SMILES string of the molecule is COC(=O)c1cc2c3c(ccc2[nH]1)N(C(=O)c1cc2c([nH]1)C(=O)C=C1N(C(=O)OC(C)(C)C)C[C@H]4C[C@]124)CC3. The van der Waals surface area contributed by atoms with E-state index in [1.54, 1.807) is 21.9 Å². The Morgan fingerprint density at radius 3 is 2.62 bits per heavy atom. The lowest BCUT2D eigenvalue weighted by molar-refractivity contribution is 0.0321. The molecule has 2 atom stereocenters. The number of methoxy groups -OCH3 is 1. The van der Waals surface area contributed by atoms with E-state index in [4.69, 9.17) is 9.47 Å². The third-order valence-electron chi connectivity index (χ3n) is 8.33. The number of ether oxygens (including phenoxy) is 2. The minimum absolute atomic E-state index is 0.181. The maximum Gasteiger partial charge on any atom is 0.414 e. The lowest BCUT2D eigenvalue weighted by Crippen LogP contribution is -2.37. The van der Waals surface area contributed by atoms with Gasteiger partial charge in [0.2, 0.25) is 5.78 Å². The predicted octanol–water partition coefficient (Wildman–Crippen LogP) is 4.07. The molecule has 1 spiro atoms. The Labute approximate surface area is 223 Å². The molecule has 2 aromatic heterocycles. The van der Waals surface area contributed by atoms with Gasteiger partial charge in [0.15, 0.2) is 0 Å². The van der Waals surface area contributed by atoms with E-state index in [1.807, 2.05) is 32.9 Å². The molecule has 0 radical (unpaired) electrons. The summed E-state index contributed by atoms with van der Waals surface area (Å²) >= 11 is 0. The van der Waals surface area contributed by atoms with Gasteiger partial charge in [-0.05, 0) is 74.9 Å². The number of esters is 1. The number of nitrogens with zero attached hydrogens (tertiary/aromatic N) is 2. The van der Waals surface area contributed by atoms with Crippen LogP contribution in [0.5, 0.6) is 0 Å². The van der Waals surface area contributed by atoms with Crippen LogP contribution in [0.1, 0.15) is 69.8 Å². The van der Waals surface area contributed by atoms with Gasteiger partial charge in [0.25, 0.3) is 5.91 Å². The number of fused-ring (bicyclic) bond motifs is 4. The summed E-state index contributed by atoms with van der Waals surface area (Å²) in [5.74, 6) is -0.746. The quantitative estimate of drug-likeness (QED) is 0.483. The molecule has 4 aliphatic rings. The summed E-state index contributed by atoms with van der Waals surface area (Å²) in [6.45, 7) is 6.41. The number of ketones is 1. The summed E-state index contributed by atoms with van der Waals surface area (Å²) < 4.78 is 10.4. The van der Waals surface area contributed by atoms with Gasteiger partial charge < -0.3 is 24.3 Å². The number of nitrogens with one attached hydrogen (secondary N) is 2. The van der Waals surface area contributed by atoms with Crippen LogP contribution in [0, 0.1) is 5.92 Å². The predicted molar refractivity (Wildman–Crippen MR) is 141 cm³/mol. The van der Waals surface area contributed by atoms with Gasteiger partial charge in [0.05, 0.1) is 12.8 Å². The molecular weight excluding hydrogens is 500 g/mol. The Morgan fingerprint density at radius 2 is 1.87 bits per heavy atom. The van der Waals surface area contributed by atoms with Crippen molar-refractivity contribution in [1.82, 2.24) is 14.9 Å². The highest BCUT2D eigenvalue weighted by Gasteiger charge is 2.68. The molecule has 2 amide bonds. The van der Waals surface area contributed by atoms with Crippen molar-refractivity contribution >= 4 is 40.3 Å². The monoisotopic (exact) mass is 528 g/mol. The zero-order valence-corrected chi connectivity index (χ0v) is 22.1. The number of piperidine rings is 1. The number of amides is 2. The first-order valence-electron chi connectivity index (χ1n) is 13.1. The topological polar surface area (TPSA) is 125 Å². The van der Waals surface area contributed by atoms with E-state index < -0.39 is 23.1 Å². The van der Waals surface area contributed by atoms with Crippen molar-refractivity contribution in [2.24, 2.45) is 5.92 Å². The molecule has 1 aromatic carbocycles. The third kappa shape index (κ3) is 3.26. The molecule has 10 nitrogen and oxygen atoms in total. The van der Waals surface area contributed by atoms with E-state index in [2.05, 4.69) is 9.97 Å². The van der Waals surface area contributed by atoms with Crippen LogP contribution >= 0.6 is 0 Å². The Morgan fingerprint density at radius 1 is 1.08 bits per heavy atom. The first-order valence-corrected chi connectivity index (χ1v) is 13.1. The lowest BCUT2D eigenvalue weighted by atomic mass is 9.85. The van der Waals surface area contributed by atoms with Crippen LogP contribution < -0.4 is 4.90 Å². The van der Waals surface area contributed by atoms with Gasteiger partial charge in [-0.1, -0.05) is 0 Å². The van der Waals surface area contributed by atoms with Gasteiger partial charge in [0, 0.05) is 46.9 Å². The van der Waals surface area contributed by atoms with Crippen molar-refractivity contribution in [2.45, 2.75) is 44.6 Å². The van der Waals surface area contributed by atoms with E-state index in [0.717, 1.165) is 34.1 Å². The number of hydrogen-bond donors (Lipinski definition) is 2. The number of H-pyrrole nitrogens is 2. The molecule has 2 aliphatic carbocycles. The van der Waals surface area contributed by atoms with Crippen molar-refractivity contribution in [3.05, 3.63) is 64.2 Å². The first kappa shape index (κ1) is 23.8. The van der Waals surface area contributed by atoms with Crippen molar-refractivity contribution in [3.63, 3.8) is 0 Å². The first-order chi connectivity index (χ1) is 18.5. The normalized spacial score (nSPS) is 22.7. The zero-order valence-electron chi connectivity index (χ0n) is 22.1. The van der Waals surface area contributed by atoms with Crippen LogP contribution in [0.2, 0.25) is 0 Å². The highest BCUT2D eigenvalue weighted by molar-refractivity contribution is 6.12. The van der Waals surface area contributed by atoms with E-state index >= 15 is 0 Å². The zero-order chi connectivity index (χ0) is 27.4. The second-order valence-corrected chi connectivity index (χ2v) is 11.7. The number of allylic oxidation sites excluding steroid dienone is 2. The molecule has 2 aliphatic heterocycles. The van der Waals surface area contributed by atoms with Gasteiger partial charge in [-0.2, -0.15) is 0 Å². The molecule has 200 valence electrons. The van der Waals surface area contributed by atoms with Crippen LogP contribution in [0.25, 0.3) is 10.9 Å². The van der Waals surface area contributed by atoms with Crippen LogP contribution in [-0.2, 0) is 21.3 Å². The fourth-order valence-corrected chi connectivity index (χ4v) is 6.59. The highest BCUT2D eigenvalue weighted by atomic mass is 16.6. The molecule has 1 saturated heterocycles. The molecule has 3 aromatic rings. The van der Waals surface area contributed by atoms with Gasteiger partial charge in [-0.15, -0.1) is 0 Å². The van der Waals surface area contributed by atoms with E-state index in [-0.39, 0.29) is 17.6 Å². The average Bonchev–Trinajstić information content (AvgIpc) is 3.37. The number of rotatable bonds is 2. The molecule has 39 heavy (non-hydrogen) atoms. The smallest absolute Gasteiger partial charge is 0.414 e. The molecule has 0 unspecified atom stereocenters. The Kier molecular flexibility index (Phi) is 4.64. The maximum atomic E-state index is 13.8. The van der Waals surface area contributed by atoms with Crippen LogP contribution in [0.3, 0.4) is 0 Å². The average molecular weight is 529 g/mol. The van der Waals surface area contributed by atoms with Gasteiger partial charge in [0.1, 0.15) is 17.0 Å². The second-order valence-electron chi connectivity index (χ2n) is 11.7. The van der Waals surface area contributed by atoms with Crippen LogP contribution in [-0.4, -0.2) is 64.4 Å². The van der Waals surface area contributed by atoms with Crippen molar-refractivity contribution in [1.29, 1.82) is 0 Å². The number of aromatic amines is 2. The Hall–Kier alpha value is -4.34. The minimum atomic E-state index is -0.645. The number of carbonyl (C=O) groups excluding carboxylic acids is 4. The van der Waals surface area contributed by atoms with Crippen LogP contribution in [0.4, 0.5) is 10.5 Å². The number of aromatic nitrogens is 2. The number of benzene rings is 1. The summed E-state index contributed by atoms with van der Waals surface area (Å²) in [5.41, 5.74) is 4.04. The molecule has 0 bridgehead atoms. The third-order valence-corrected chi connectivity index (χ3v) is 8.33. The minimum Gasteiger partial charge on any atom is -0.464 e. The van der Waals surface area contributed by atoms with E-state index in [9.17, 15) is 19.2 Å². The van der Waals surface area contributed by atoms with E-state index in [0.29, 0.717) is 42.3 Å². The number of carbonyl (C=O) groups is 4. The molecule has 4 heterocycles. The van der Waals surface area contributed by atoms with Gasteiger partial charge in [-0.25, -0.2) is 9.59 Å². The van der Waals surface area contributed by atoms with Gasteiger partial charge in [-0.3, -0.25) is 14.5 Å². The maximum absolute atomic E-state index is 13.8. The summed E-state index contributed by atoms with van der Waals surface area (Å²) in [7, 11) is 1.34. The summed E-state index contributed by atoms with van der Waals surface area (Å²) in [4.78, 5) is 61.3. The van der Waals surface area contributed by atoms with Crippen molar-refractivity contribution < 1.29 is 28.7 Å².